The maximum atomic E-state index is 9.39. The number of nitriles is 1. The summed E-state index contributed by atoms with van der Waals surface area (Å²) in [7, 11) is 0. The highest BCUT2D eigenvalue weighted by atomic mass is 79.9. The fourth-order valence-electron chi connectivity index (χ4n) is 3.84. The van der Waals surface area contributed by atoms with E-state index in [-0.39, 0.29) is 5.92 Å². The third kappa shape index (κ3) is 2.70. The van der Waals surface area contributed by atoms with E-state index in [1.165, 1.54) is 0 Å². The van der Waals surface area contributed by atoms with E-state index in [9.17, 15) is 5.26 Å². The lowest BCUT2D eigenvalue weighted by Gasteiger charge is -2.33. The Balaban J connectivity index is 1.90. The van der Waals surface area contributed by atoms with Gasteiger partial charge in [0.1, 0.15) is 11.9 Å². The minimum atomic E-state index is -0.241. The molecular formula is C19H17BrN6. The van der Waals surface area contributed by atoms with Crippen molar-refractivity contribution >= 4 is 21.7 Å². The van der Waals surface area contributed by atoms with Gasteiger partial charge in [0.15, 0.2) is 5.70 Å². The summed E-state index contributed by atoms with van der Waals surface area (Å²) in [6, 6.07) is 7.83. The van der Waals surface area contributed by atoms with E-state index in [2.05, 4.69) is 47.7 Å². The highest BCUT2D eigenvalue weighted by molar-refractivity contribution is 9.10. The molecule has 1 saturated heterocycles. The first kappa shape index (κ1) is 16.8. The van der Waals surface area contributed by atoms with Gasteiger partial charge >= 0.3 is 0 Å². The first-order valence-electron chi connectivity index (χ1n) is 8.55. The lowest BCUT2D eigenvalue weighted by molar-refractivity contribution is 0.417. The lowest BCUT2D eigenvalue weighted by Crippen LogP contribution is -2.32. The zero-order valence-corrected chi connectivity index (χ0v) is 15.6. The second-order valence-corrected chi connectivity index (χ2v) is 7.31. The summed E-state index contributed by atoms with van der Waals surface area (Å²) in [6.45, 7) is 9.80. The molecule has 2 aliphatic rings. The van der Waals surface area contributed by atoms with Gasteiger partial charge in [-0.15, -0.1) is 0 Å². The van der Waals surface area contributed by atoms with Gasteiger partial charge < -0.3 is 10.6 Å². The molecule has 0 radical (unpaired) electrons. The van der Waals surface area contributed by atoms with Gasteiger partial charge in [0.2, 0.25) is 0 Å². The summed E-state index contributed by atoms with van der Waals surface area (Å²) < 4.78 is 0.743. The molecule has 0 spiro atoms. The van der Waals surface area contributed by atoms with Gasteiger partial charge in [-0.3, -0.25) is 5.10 Å². The number of benzene rings is 1. The van der Waals surface area contributed by atoms with Crippen LogP contribution in [0.15, 0.2) is 40.3 Å². The fraction of sp³-hybridized carbons (Fsp3) is 0.316. The summed E-state index contributed by atoms with van der Waals surface area (Å²) in [5, 5.41) is 23.4. The molecule has 0 amide bonds. The lowest BCUT2D eigenvalue weighted by atomic mass is 9.82. The highest BCUT2D eigenvalue weighted by Gasteiger charge is 2.35. The van der Waals surface area contributed by atoms with Crippen LogP contribution in [0, 0.1) is 23.8 Å². The predicted octanol–water partition coefficient (Wildman–Crippen LogP) is 3.73. The molecule has 26 heavy (non-hydrogen) atoms. The topological polar surface area (TPSA) is 80.9 Å². The van der Waals surface area contributed by atoms with Crippen molar-refractivity contribution in [2.45, 2.75) is 18.8 Å². The number of rotatable bonds is 2. The number of anilines is 1. The number of nitrogens with one attached hydrogen (secondary N) is 3. The summed E-state index contributed by atoms with van der Waals surface area (Å²) in [5.74, 6) is 0.914. The van der Waals surface area contributed by atoms with E-state index in [0.717, 1.165) is 53.0 Å². The van der Waals surface area contributed by atoms with Gasteiger partial charge in [0.05, 0.1) is 24.3 Å². The number of hydrogen-bond acceptors (Lipinski definition) is 4. The van der Waals surface area contributed by atoms with Crippen molar-refractivity contribution in [3.05, 3.63) is 68.4 Å². The maximum absolute atomic E-state index is 9.39. The monoisotopic (exact) mass is 408 g/mol. The SMILES string of the molecule is [C-]#[N+]C1=C(C2CCNCC2)Nc2[nH]ncc2C1c1cccc(C#N)c1Br. The van der Waals surface area contributed by atoms with Crippen LogP contribution in [0.25, 0.3) is 4.85 Å². The van der Waals surface area contributed by atoms with Gasteiger partial charge in [-0.1, -0.05) is 12.1 Å². The Bertz CT molecular complexity index is 955. The van der Waals surface area contributed by atoms with Crippen LogP contribution in [-0.4, -0.2) is 23.3 Å². The quantitative estimate of drug-likeness (QED) is 0.661. The maximum Gasteiger partial charge on any atom is 0.196 e. The molecule has 0 saturated carbocycles. The Morgan fingerprint density at radius 1 is 1.27 bits per heavy atom. The van der Waals surface area contributed by atoms with E-state index < -0.39 is 0 Å². The molecule has 2 aliphatic heterocycles. The second-order valence-electron chi connectivity index (χ2n) is 6.51. The highest BCUT2D eigenvalue weighted by Crippen LogP contribution is 2.46. The third-order valence-electron chi connectivity index (χ3n) is 5.12. The Morgan fingerprint density at radius 3 is 2.81 bits per heavy atom. The minimum Gasteiger partial charge on any atom is -0.354 e. The molecule has 1 aromatic heterocycles. The number of H-pyrrole nitrogens is 1. The molecule has 1 unspecified atom stereocenters. The van der Waals surface area contributed by atoms with Gasteiger partial charge in [-0.2, -0.15) is 10.4 Å². The molecule has 0 aliphatic carbocycles. The largest absolute Gasteiger partial charge is 0.354 e. The van der Waals surface area contributed by atoms with Gasteiger partial charge in [0.25, 0.3) is 0 Å². The number of piperidine rings is 1. The van der Waals surface area contributed by atoms with E-state index in [0.29, 0.717) is 17.2 Å². The van der Waals surface area contributed by atoms with E-state index in [1.54, 1.807) is 12.3 Å². The van der Waals surface area contributed by atoms with Crippen LogP contribution in [0.5, 0.6) is 0 Å². The molecule has 1 aromatic carbocycles. The van der Waals surface area contributed by atoms with Crippen molar-refractivity contribution < 1.29 is 0 Å². The third-order valence-corrected chi connectivity index (χ3v) is 6.00. The molecule has 1 atom stereocenters. The Labute approximate surface area is 160 Å². The summed E-state index contributed by atoms with van der Waals surface area (Å²) >= 11 is 3.58. The smallest absolute Gasteiger partial charge is 0.196 e. The summed E-state index contributed by atoms with van der Waals surface area (Å²) in [5.41, 5.74) is 4.10. The van der Waals surface area contributed by atoms with E-state index >= 15 is 0 Å². The van der Waals surface area contributed by atoms with Gasteiger partial charge in [-0.05, 0) is 59.4 Å². The number of nitrogens with zero attached hydrogens (tertiary/aromatic N) is 3. The average molecular weight is 409 g/mol. The molecule has 130 valence electrons. The molecular weight excluding hydrogens is 392 g/mol. The molecule has 3 heterocycles. The molecule has 6 nitrogen and oxygen atoms in total. The summed E-state index contributed by atoms with van der Waals surface area (Å²) in [6.07, 6.45) is 3.76. The Morgan fingerprint density at radius 2 is 2.08 bits per heavy atom. The number of fused-ring (bicyclic) bond motifs is 1. The predicted molar refractivity (Wildman–Crippen MR) is 102 cm³/mol. The van der Waals surface area contributed by atoms with Crippen LogP contribution in [0.1, 0.15) is 35.4 Å². The van der Waals surface area contributed by atoms with Crippen molar-refractivity contribution in [1.82, 2.24) is 15.5 Å². The van der Waals surface area contributed by atoms with Crippen molar-refractivity contribution in [2.75, 3.05) is 18.4 Å². The number of aromatic amines is 1. The molecule has 2 aromatic rings. The normalized spacial score (nSPS) is 20.0. The number of aromatic nitrogens is 2. The van der Waals surface area contributed by atoms with Crippen molar-refractivity contribution in [1.29, 1.82) is 5.26 Å². The average Bonchev–Trinajstić information content (AvgIpc) is 3.16. The van der Waals surface area contributed by atoms with Crippen molar-refractivity contribution in [2.24, 2.45) is 5.92 Å². The number of halogens is 1. The van der Waals surface area contributed by atoms with Crippen molar-refractivity contribution in [3.8, 4) is 6.07 Å². The van der Waals surface area contributed by atoms with Gasteiger partial charge in [0, 0.05) is 15.7 Å². The van der Waals surface area contributed by atoms with Crippen LogP contribution in [0.3, 0.4) is 0 Å². The van der Waals surface area contributed by atoms with Crippen molar-refractivity contribution in [3.63, 3.8) is 0 Å². The zero-order chi connectivity index (χ0) is 18.1. The number of hydrogen-bond donors (Lipinski definition) is 3. The first-order valence-corrected chi connectivity index (χ1v) is 9.35. The zero-order valence-electron chi connectivity index (χ0n) is 14.0. The van der Waals surface area contributed by atoms with Crippen LogP contribution < -0.4 is 10.6 Å². The minimum absolute atomic E-state index is 0.241. The molecule has 4 rings (SSSR count). The Kier molecular flexibility index (Phi) is 4.50. The standard InChI is InChI=1S/C19H17BrN6/c1-22-18-15(13-4-2-3-12(9-21)16(13)20)14-10-24-26-19(14)25-17(18)11-5-7-23-8-6-11/h2-4,10-11,15,23H,5-8H2,(H2,24,25,26). The van der Waals surface area contributed by atoms with E-state index in [1.807, 2.05) is 12.1 Å². The molecule has 1 fully saturated rings. The molecule has 0 bridgehead atoms. The second kappa shape index (κ2) is 6.95. The van der Waals surface area contributed by atoms with E-state index in [4.69, 9.17) is 6.57 Å². The fourth-order valence-corrected chi connectivity index (χ4v) is 4.42. The van der Waals surface area contributed by atoms with Crippen LogP contribution in [0.2, 0.25) is 0 Å². The first-order chi connectivity index (χ1) is 12.7. The van der Waals surface area contributed by atoms with Crippen LogP contribution >= 0.6 is 15.9 Å². The molecule has 3 N–H and O–H groups in total. The van der Waals surface area contributed by atoms with Gasteiger partial charge in [-0.25, -0.2) is 4.85 Å². The van der Waals surface area contributed by atoms with Crippen LogP contribution in [-0.2, 0) is 0 Å². The Hall–Kier alpha value is -2.61. The summed E-state index contributed by atoms with van der Waals surface area (Å²) in [4.78, 5) is 3.94. The number of allylic oxidation sites excluding steroid dienone is 2. The molecule has 7 heteroatoms. The van der Waals surface area contributed by atoms with Crippen LogP contribution in [0.4, 0.5) is 5.82 Å².